The van der Waals surface area contributed by atoms with Gasteiger partial charge in [-0.15, -0.1) is 0 Å². The Balaban J connectivity index is 1.84. The lowest BCUT2D eigenvalue weighted by atomic mass is 9.83. The van der Waals surface area contributed by atoms with Crippen molar-refractivity contribution < 1.29 is 23.6 Å². The van der Waals surface area contributed by atoms with Gasteiger partial charge in [-0.25, -0.2) is 9.69 Å². The van der Waals surface area contributed by atoms with Crippen LogP contribution in [0.25, 0.3) is 0 Å². The van der Waals surface area contributed by atoms with E-state index in [-0.39, 0.29) is 12.0 Å². The Kier molecular flexibility index (Phi) is 3.72. The number of carbonyl (C=O) groups is 2. The van der Waals surface area contributed by atoms with Gasteiger partial charge in [-0.05, 0) is 12.1 Å². The SMILES string of the molecule is CC1(C)COB(/C=C/C(=O)N2CCOC2=O)OC1. The standard InChI is InChI=1S/C11H16BNO5/c1-11(2)7-17-12(18-8-11)4-3-9(14)13-5-6-16-10(13)15/h3-4H,5-8H2,1-2H3/b4-3+. The lowest BCUT2D eigenvalue weighted by molar-refractivity contribution is -0.122. The van der Waals surface area contributed by atoms with Crippen LogP contribution in [0.2, 0.25) is 0 Å². The Morgan fingerprint density at radius 2 is 2.06 bits per heavy atom. The molecule has 0 N–H and O–H groups in total. The van der Waals surface area contributed by atoms with Gasteiger partial charge in [0.05, 0.1) is 6.54 Å². The average molecular weight is 253 g/mol. The highest BCUT2D eigenvalue weighted by Gasteiger charge is 2.31. The Morgan fingerprint density at radius 1 is 1.39 bits per heavy atom. The molecule has 2 rings (SSSR count). The number of hydrogen-bond acceptors (Lipinski definition) is 5. The van der Waals surface area contributed by atoms with Gasteiger partial charge in [0.15, 0.2) is 0 Å². The Morgan fingerprint density at radius 3 is 2.61 bits per heavy atom. The van der Waals surface area contributed by atoms with Crippen molar-refractivity contribution in [2.24, 2.45) is 5.41 Å². The van der Waals surface area contributed by atoms with Gasteiger partial charge in [0.25, 0.3) is 5.91 Å². The Bertz CT molecular complexity index is 372. The van der Waals surface area contributed by atoms with Gasteiger partial charge in [-0.2, -0.15) is 0 Å². The molecule has 0 aromatic heterocycles. The minimum atomic E-state index is -0.601. The van der Waals surface area contributed by atoms with Crippen LogP contribution in [0.5, 0.6) is 0 Å². The van der Waals surface area contributed by atoms with E-state index in [1.165, 1.54) is 12.1 Å². The molecule has 0 spiro atoms. The van der Waals surface area contributed by atoms with Crippen molar-refractivity contribution in [1.29, 1.82) is 0 Å². The lowest BCUT2D eigenvalue weighted by Gasteiger charge is -2.31. The molecule has 2 aliphatic rings. The largest absolute Gasteiger partial charge is 0.486 e. The quantitative estimate of drug-likeness (QED) is 0.533. The highest BCUT2D eigenvalue weighted by molar-refractivity contribution is 6.51. The molecule has 0 aliphatic carbocycles. The molecule has 7 heteroatoms. The average Bonchev–Trinajstić information content (AvgIpc) is 2.74. The minimum absolute atomic E-state index is 0.00684. The highest BCUT2D eigenvalue weighted by Crippen LogP contribution is 2.21. The van der Waals surface area contributed by atoms with Crippen LogP contribution < -0.4 is 0 Å². The number of nitrogens with zero attached hydrogens (tertiary/aromatic N) is 1. The van der Waals surface area contributed by atoms with Crippen LogP contribution in [-0.2, 0) is 18.8 Å². The fourth-order valence-corrected chi connectivity index (χ4v) is 1.66. The van der Waals surface area contributed by atoms with Crippen LogP contribution in [-0.4, -0.2) is 50.4 Å². The van der Waals surface area contributed by atoms with Crippen LogP contribution in [0.3, 0.4) is 0 Å². The number of ether oxygens (including phenoxy) is 1. The van der Waals surface area contributed by atoms with Crippen molar-refractivity contribution in [2.45, 2.75) is 13.8 Å². The molecule has 98 valence electrons. The van der Waals surface area contributed by atoms with Gasteiger partial charge in [0.1, 0.15) is 6.61 Å². The lowest BCUT2D eigenvalue weighted by Crippen LogP contribution is -2.40. The van der Waals surface area contributed by atoms with Gasteiger partial charge in [0, 0.05) is 18.6 Å². The van der Waals surface area contributed by atoms with Crippen LogP contribution >= 0.6 is 0 Å². The molecule has 2 aliphatic heterocycles. The fraction of sp³-hybridized carbons (Fsp3) is 0.636. The maximum Gasteiger partial charge on any atom is 0.486 e. The van der Waals surface area contributed by atoms with Crippen molar-refractivity contribution in [1.82, 2.24) is 4.90 Å². The van der Waals surface area contributed by atoms with E-state index >= 15 is 0 Å². The maximum atomic E-state index is 11.7. The second kappa shape index (κ2) is 5.11. The molecule has 2 fully saturated rings. The van der Waals surface area contributed by atoms with Crippen molar-refractivity contribution in [3.8, 4) is 0 Å². The van der Waals surface area contributed by atoms with Gasteiger partial charge in [0.2, 0.25) is 0 Å². The summed E-state index contributed by atoms with van der Waals surface area (Å²) in [6.07, 6.45) is 0.687. The summed E-state index contributed by atoms with van der Waals surface area (Å²) in [5, 5.41) is 0. The molecule has 0 bridgehead atoms. The fourth-order valence-electron chi connectivity index (χ4n) is 1.66. The van der Waals surface area contributed by atoms with Crippen LogP contribution in [0.1, 0.15) is 13.8 Å². The minimum Gasteiger partial charge on any atom is -0.447 e. The Labute approximate surface area is 106 Å². The first-order valence-corrected chi connectivity index (χ1v) is 5.88. The first kappa shape index (κ1) is 13.1. The third kappa shape index (κ3) is 3.11. The number of rotatable bonds is 2. The van der Waals surface area contributed by atoms with Gasteiger partial charge < -0.3 is 14.0 Å². The van der Waals surface area contributed by atoms with Gasteiger partial charge >= 0.3 is 13.2 Å². The molecule has 0 aromatic rings. The number of cyclic esters (lactones) is 1. The highest BCUT2D eigenvalue weighted by atomic mass is 16.6. The van der Waals surface area contributed by atoms with Crippen molar-refractivity contribution in [3.63, 3.8) is 0 Å². The van der Waals surface area contributed by atoms with E-state index in [1.807, 2.05) is 13.8 Å². The van der Waals surface area contributed by atoms with Crippen molar-refractivity contribution >= 4 is 19.1 Å². The van der Waals surface area contributed by atoms with E-state index in [1.54, 1.807) is 0 Å². The van der Waals surface area contributed by atoms with E-state index in [4.69, 9.17) is 9.31 Å². The normalized spacial score (nSPS) is 23.6. The van der Waals surface area contributed by atoms with E-state index in [2.05, 4.69) is 4.74 Å². The molecule has 2 saturated heterocycles. The second-order valence-electron chi connectivity index (χ2n) is 5.12. The van der Waals surface area contributed by atoms with Crippen molar-refractivity contribution in [3.05, 3.63) is 12.1 Å². The number of carbonyl (C=O) groups excluding carboxylic acids is 2. The molecule has 0 aromatic carbocycles. The summed E-state index contributed by atoms with van der Waals surface area (Å²) >= 11 is 0. The predicted octanol–water partition coefficient (Wildman–Crippen LogP) is 0.622. The summed E-state index contributed by atoms with van der Waals surface area (Å²) in [5.41, 5.74) is -0.00684. The molecular weight excluding hydrogens is 237 g/mol. The molecular formula is C11H16BNO5. The molecule has 0 radical (unpaired) electrons. The van der Waals surface area contributed by atoms with Crippen LogP contribution in [0, 0.1) is 5.41 Å². The van der Waals surface area contributed by atoms with E-state index in [0.717, 1.165) is 4.90 Å². The summed E-state index contributed by atoms with van der Waals surface area (Å²) in [6, 6.07) is 0. The number of hydrogen-bond donors (Lipinski definition) is 0. The molecule has 2 amide bonds. The number of amides is 2. The first-order valence-electron chi connectivity index (χ1n) is 5.88. The number of imide groups is 1. The van der Waals surface area contributed by atoms with Crippen molar-refractivity contribution in [2.75, 3.05) is 26.4 Å². The molecule has 6 nitrogen and oxygen atoms in total. The summed E-state index contributed by atoms with van der Waals surface area (Å²) < 4.78 is 15.5. The summed E-state index contributed by atoms with van der Waals surface area (Å²) in [4.78, 5) is 23.8. The molecule has 18 heavy (non-hydrogen) atoms. The zero-order valence-corrected chi connectivity index (χ0v) is 10.5. The molecule has 0 unspecified atom stereocenters. The first-order chi connectivity index (χ1) is 8.48. The predicted molar refractivity (Wildman–Crippen MR) is 63.6 cm³/mol. The van der Waals surface area contributed by atoms with Crippen LogP contribution in [0.4, 0.5) is 4.79 Å². The van der Waals surface area contributed by atoms with Gasteiger partial charge in [-0.3, -0.25) is 4.79 Å². The molecule has 0 saturated carbocycles. The third-order valence-electron chi connectivity index (χ3n) is 2.70. The smallest absolute Gasteiger partial charge is 0.447 e. The van der Waals surface area contributed by atoms with E-state index in [0.29, 0.717) is 19.8 Å². The third-order valence-corrected chi connectivity index (χ3v) is 2.70. The summed E-state index contributed by atoms with van der Waals surface area (Å²) in [7, 11) is -0.527. The van der Waals surface area contributed by atoms with Gasteiger partial charge in [-0.1, -0.05) is 13.8 Å². The van der Waals surface area contributed by atoms with E-state index < -0.39 is 19.1 Å². The monoisotopic (exact) mass is 253 g/mol. The van der Waals surface area contributed by atoms with Crippen LogP contribution in [0.15, 0.2) is 12.1 Å². The second-order valence-corrected chi connectivity index (χ2v) is 5.12. The topological polar surface area (TPSA) is 65.1 Å². The molecule has 0 atom stereocenters. The molecule has 2 heterocycles. The van der Waals surface area contributed by atoms with E-state index in [9.17, 15) is 9.59 Å². The zero-order valence-electron chi connectivity index (χ0n) is 10.5. The zero-order chi connectivity index (χ0) is 13.2. The maximum absolute atomic E-state index is 11.7. The summed E-state index contributed by atoms with van der Waals surface area (Å²) in [6.45, 7) is 5.77. The summed E-state index contributed by atoms with van der Waals surface area (Å²) in [5.74, 6) is 1.11. The Hall–Kier alpha value is -1.34.